The smallest absolute Gasteiger partial charge is 0.325 e. The third kappa shape index (κ3) is 7.00. The lowest BCUT2D eigenvalue weighted by Crippen LogP contribution is -2.55. The second-order valence-electron chi connectivity index (χ2n) is 7.78. The molecule has 0 aliphatic carbocycles. The summed E-state index contributed by atoms with van der Waals surface area (Å²) in [6, 6.07) is 14.4. The summed E-state index contributed by atoms with van der Waals surface area (Å²) in [7, 11) is 1.22. The number of benzene rings is 2. The summed E-state index contributed by atoms with van der Waals surface area (Å²) in [5.74, 6) is -1.56. The van der Waals surface area contributed by atoms with Gasteiger partial charge in [0.05, 0.1) is 19.3 Å². The molecule has 11 nitrogen and oxygen atoms in total. The fourth-order valence-corrected chi connectivity index (χ4v) is 3.49. The highest BCUT2D eigenvalue weighted by Crippen LogP contribution is 2.26. The van der Waals surface area contributed by atoms with E-state index in [0.29, 0.717) is 31.1 Å². The van der Waals surface area contributed by atoms with Crippen LogP contribution in [0.5, 0.6) is 11.5 Å². The number of piperazine rings is 1. The summed E-state index contributed by atoms with van der Waals surface area (Å²) < 4.78 is 16.1. The van der Waals surface area contributed by atoms with Crippen LogP contribution in [0.4, 0.5) is 0 Å². The number of aliphatic imine (C=N–C) groups is 1. The Kier molecular flexibility index (Phi) is 9.30. The largest absolute Gasteiger partial charge is 0.493 e. The Morgan fingerprint density at radius 2 is 1.78 bits per heavy atom. The van der Waals surface area contributed by atoms with Crippen LogP contribution >= 0.6 is 0 Å². The zero-order valence-electron chi connectivity index (χ0n) is 19.8. The molecular formula is C25H26N4O7. The van der Waals surface area contributed by atoms with E-state index >= 15 is 0 Å². The number of amides is 2. The zero-order chi connectivity index (χ0) is 25.9. The van der Waals surface area contributed by atoms with Gasteiger partial charge in [-0.3, -0.25) is 19.8 Å². The summed E-state index contributed by atoms with van der Waals surface area (Å²) >= 11 is 0. The molecule has 11 heteroatoms. The van der Waals surface area contributed by atoms with Gasteiger partial charge in [0.15, 0.2) is 5.84 Å². The van der Waals surface area contributed by atoms with Gasteiger partial charge in [-0.25, -0.2) is 4.79 Å². The van der Waals surface area contributed by atoms with Crippen LogP contribution in [0, 0.1) is 5.41 Å². The lowest BCUT2D eigenvalue weighted by molar-refractivity contribution is -0.159. The van der Waals surface area contributed by atoms with Gasteiger partial charge in [-0.15, -0.1) is 4.99 Å². The molecule has 2 aromatic carbocycles. The number of nitrogens with zero attached hydrogens (tertiary/aromatic N) is 3. The molecule has 0 saturated carbocycles. The highest BCUT2D eigenvalue weighted by molar-refractivity contribution is 6.35. The van der Waals surface area contributed by atoms with Gasteiger partial charge in [-0.05, 0) is 30.2 Å². The van der Waals surface area contributed by atoms with E-state index in [1.807, 2.05) is 30.3 Å². The second kappa shape index (κ2) is 12.8. The molecule has 1 aliphatic heterocycles. The van der Waals surface area contributed by atoms with E-state index in [1.165, 1.54) is 18.1 Å². The Bertz CT molecular complexity index is 1160. The topological polar surface area (TPSA) is 139 Å². The van der Waals surface area contributed by atoms with E-state index in [0.717, 1.165) is 10.5 Å². The molecule has 0 aromatic heterocycles. The van der Waals surface area contributed by atoms with Crippen LogP contribution < -0.4 is 9.47 Å². The number of rotatable bonds is 11. The Hall–Kier alpha value is -4.50. The summed E-state index contributed by atoms with van der Waals surface area (Å²) in [5, 5.41) is 8.04. The molecule has 2 amide bonds. The monoisotopic (exact) mass is 494 g/mol. The Morgan fingerprint density at radius 3 is 2.50 bits per heavy atom. The van der Waals surface area contributed by atoms with E-state index in [2.05, 4.69) is 9.73 Å². The van der Waals surface area contributed by atoms with Gasteiger partial charge in [-0.2, -0.15) is 0 Å². The molecule has 1 N–H and O–H groups in total. The Morgan fingerprint density at radius 1 is 1.06 bits per heavy atom. The summed E-state index contributed by atoms with van der Waals surface area (Å²) in [5.41, 5.74) is 1.23. The number of carbonyl (C=O) groups is 3. The fraction of sp³-hybridized carbons (Fsp3) is 0.320. The van der Waals surface area contributed by atoms with Crippen LogP contribution in [0.1, 0.15) is 17.5 Å². The lowest BCUT2D eigenvalue weighted by atomic mass is 10.1. The van der Waals surface area contributed by atoms with Gasteiger partial charge >= 0.3 is 17.8 Å². The quantitative estimate of drug-likeness (QED) is 0.125. The molecule has 2 aromatic rings. The first-order chi connectivity index (χ1) is 17.4. The van der Waals surface area contributed by atoms with Gasteiger partial charge in [0, 0.05) is 19.6 Å². The molecule has 0 radical (unpaired) electrons. The molecule has 36 heavy (non-hydrogen) atoms. The molecule has 188 valence electrons. The second-order valence-corrected chi connectivity index (χ2v) is 7.78. The zero-order valence-corrected chi connectivity index (χ0v) is 19.8. The first-order valence-electron chi connectivity index (χ1n) is 11.2. The van der Waals surface area contributed by atoms with E-state index in [-0.39, 0.29) is 37.6 Å². The van der Waals surface area contributed by atoms with E-state index in [1.54, 1.807) is 18.2 Å². The fourth-order valence-electron chi connectivity index (χ4n) is 3.49. The summed E-state index contributed by atoms with van der Waals surface area (Å²) in [6.45, 7) is 1.04. The molecule has 3 rings (SSSR count). The Labute approximate surface area is 207 Å². The summed E-state index contributed by atoms with van der Waals surface area (Å²) in [4.78, 5) is 52.6. The predicted molar refractivity (Wildman–Crippen MR) is 127 cm³/mol. The first-order valence-corrected chi connectivity index (χ1v) is 11.2. The average Bonchev–Trinajstić information content (AvgIpc) is 2.90. The van der Waals surface area contributed by atoms with Gasteiger partial charge in [0.1, 0.15) is 24.7 Å². The van der Waals surface area contributed by atoms with Crippen LogP contribution in [0.2, 0.25) is 0 Å². The van der Waals surface area contributed by atoms with Crippen molar-refractivity contribution in [3.8, 4) is 11.5 Å². The number of carbonyl (C=O) groups excluding carboxylic acids is 4. The number of esters is 1. The SMILES string of the molecule is COC(=O)CN1CCN(CCCOc2ccc(OCc3ccccc3)cc2C(=N)N=C=O)C(=O)C1=O. The van der Waals surface area contributed by atoms with Gasteiger partial charge in [-0.1, -0.05) is 30.3 Å². The maximum atomic E-state index is 12.3. The van der Waals surface area contributed by atoms with Crippen molar-refractivity contribution in [1.29, 1.82) is 5.41 Å². The standard InChI is InChI=1S/C25H26N4O7/c1-34-22(31)15-29-12-11-28(24(32)25(29)33)10-5-13-35-21-9-8-19(14-20(21)23(26)27-17-30)36-16-18-6-3-2-4-7-18/h2-4,6-9,14,26H,5,10-13,15-16H2,1H3. The minimum absolute atomic E-state index is 0.180. The minimum Gasteiger partial charge on any atom is -0.493 e. The van der Waals surface area contributed by atoms with Crippen molar-refractivity contribution >= 4 is 29.7 Å². The molecule has 0 atom stereocenters. The first kappa shape index (κ1) is 26.1. The number of hydrogen-bond acceptors (Lipinski definition) is 8. The van der Waals surface area contributed by atoms with Crippen molar-refractivity contribution in [2.24, 2.45) is 4.99 Å². The average molecular weight is 495 g/mol. The number of methoxy groups -OCH3 is 1. The van der Waals surface area contributed by atoms with Crippen molar-refractivity contribution in [2.45, 2.75) is 13.0 Å². The van der Waals surface area contributed by atoms with E-state index in [4.69, 9.17) is 14.9 Å². The molecular weight excluding hydrogens is 468 g/mol. The van der Waals surface area contributed by atoms with Crippen LogP contribution in [0.25, 0.3) is 0 Å². The van der Waals surface area contributed by atoms with Crippen molar-refractivity contribution in [1.82, 2.24) is 9.80 Å². The van der Waals surface area contributed by atoms with Crippen LogP contribution in [-0.2, 0) is 30.5 Å². The van der Waals surface area contributed by atoms with Crippen LogP contribution in [0.3, 0.4) is 0 Å². The van der Waals surface area contributed by atoms with Crippen molar-refractivity contribution in [3.63, 3.8) is 0 Å². The molecule has 0 unspecified atom stereocenters. The molecule has 0 bridgehead atoms. The van der Waals surface area contributed by atoms with Crippen LogP contribution in [-0.4, -0.2) is 79.4 Å². The van der Waals surface area contributed by atoms with Gasteiger partial charge in [0.2, 0.25) is 6.08 Å². The van der Waals surface area contributed by atoms with Crippen LogP contribution in [0.15, 0.2) is 53.5 Å². The normalized spacial score (nSPS) is 13.1. The predicted octanol–water partition coefficient (Wildman–Crippen LogP) is 1.54. The number of hydrogen-bond donors (Lipinski definition) is 1. The number of isocyanates is 1. The van der Waals surface area contributed by atoms with Crippen molar-refractivity contribution in [2.75, 3.05) is 39.9 Å². The number of amidine groups is 1. The third-order valence-corrected chi connectivity index (χ3v) is 5.39. The highest BCUT2D eigenvalue weighted by Gasteiger charge is 2.33. The maximum Gasteiger partial charge on any atom is 0.325 e. The molecule has 1 fully saturated rings. The lowest BCUT2D eigenvalue weighted by Gasteiger charge is -2.33. The van der Waals surface area contributed by atoms with E-state index in [9.17, 15) is 19.2 Å². The molecule has 0 spiro atoms. The number of nitrogens with one attached hydrogen (secondary N) is 1. The third-order valence-electron chi connectivity index (χ3n) is 5.39. The Balaban J connectivity index is 1.56. The molecule has 1 saturated heterocycles. The molecule has 1 heterocycles. The van der Waals surface area contributed by atoms with Crippen molar-refractivity contribution < 1.29 is 33.4 Å². The number of ether oxygens (including phenoxy) is 3. The van der Waals surface area contributed by atoms with Crippen molar-refractivity contribution in [3.05, 3.63) is 59.7 Å². The maximum absolute atomic E-state index is 12.3. The summed E-state index contributed by atoms with van der Waals surface area (Å²) in [6.07, 6.45) is 1.76. The van der Waals surface area contributed by atoms with Gasteiger partial charge in [0.25, 0.3) is 0 Å². The highest BCUT2D eigenvalue weighted by atomic mass is 16.5. The van der Waals surface area contributed by atoms with E-state index < -0.39 is 17.8 Å². The van der Waals surface area contributed by atoms with Gasteiger partial charge < -0.3 is 24.0 Å². The minimum atomic E-state index is -0.749. The molecule has 1 aliphatic rings.